The molecule has 2 aromatic rings. The van der Waals surface area contributed by atoms with E-state index in [1.165, 1.54) is 12.1 Å². The van der Waals surface area contributed by atoms with Gasteiger partial charge < -0.3 is 15.2 Å². The minimum Gasteiger partial charge on any atom is -0.478 e. The number of carbonyl (C=O) groups is 2. The Morgan fingerprint density at radius 2 is 1.86 bits per heavy atom. The summed E-state index contributed by atoms with van der Waals surface area (Å²) in [4.78, 5) is 24.1. The van der Waals surface area contributed by atoms with Crippen molar-refractivity contribution in [2.75, 3.05) is 19.8 Å². The van der Waals surface area contributed by atoms with E-state index >= 15 is 0 Å². The highest BCUT2D eigenvalue weighted by Gasteiger charge is 2.43. The zero-order valence-corrected chi connectivity index (χ0v) is 15.2. The maximum atomic E-state index is 14.4. The van der Waals surface area contributed by atoms with Gasteiger partial charge in [0.25, 0.3) is 0 Å². The summed E-state index contributed by atoms with van der Waals surface area (Å²) in [7, 11) is 0. The second kappa shape index (κ2) is 8.48. The minimum atomic E-state index is -1.11. The lowest BCUT2D eigenvalue weighted by Crippen LogP contribution is -2.49. The zero-order chi connectivity index (χ0) is 20.1. The first-order valence-corrected chi connectivity index (χ1v) is 9.06. The van der Waals surface area contributed by atoms with Gasteiger partial charge >= 0.3 is 5.97 Å². The number of carboxylic acid groups (broad SMARTS) is 1. The predicted octanol–water partition coefficient (Wildman–Crippen LogP) is 3.07. The van der Waals surface area contributed by atoms with E-state index in [9.17, 15) is 18.4 Å². The van der Waals surface area contributed by atoms with Crippen molar-refractivity contribution < 1.29 is 28.2 Å². The Morgan fingerprint density at radius 1 is 1.11 bits per heavy atom. The van der Waals surface area contributed by atoms with Gasteiger partial charge in [0.2, 0.25) is 5.91 Å². The van der Waals surface area contributed by atoms with Gasteiger partial charge in [0.1, 0.15) is 11.6 Å². The van der Waals surface area contributed by atoms with Crippen LogP contribution < -0.4 is 5.32 Å². The van der Waals surface area contributed by atoms with Crippen molar-refractivity contribution in [2.24, 2.45) is 0 Å². The molecule has 1 amide bonds. The van der Waals surface area contributed by atoms with Gasteiger partial charge in [0, 0.05) is 31.4 Å². The van der Waals surface area contributed by atoms with Crippen molar-refractivity contribution in [3.05, 3.63) is 70.8 Å². The van der Waals surface area contributed by atoms with Gasteiger partial charge in [-0.3, -0.25) is 4.79 Å². The average molecular weight is 389 g/mol. The number of aromatic carboxylic acids is 1. The highest BCUT2D eigenvalue weighted by molar-refractivity contribution is 5.89. The molecule has 2 aromatic carbocycles. The highest BCUT2D eigenvalue weighted by Crippen LogP contribution is 2.37. The van der Waals surface area contributed by atoms with E-state index in [1.807, 2.05) is 0 Å². The first kappa shape index (κ1) is 19.9. The van der Waals surface area contributed by atoms with E-state index in [2.05, 4.69) is 5.32 Å². The SMILES string of the molecule is O=C(O)c1cccc(CCNC(=O)C2(c3ccc(F)cc3F)CCOCC2)c1. The van der Waals surface area contributed by atoms with Gasteiger partial charge in [-0.25, -0.2) is 13.6 Å². The second-order valence-electron chi connectivity index (χ2n) is 6.83. The van der Waals surface area contributed by atoms with Gasteiger partial charge in [-0.15, -0.1) is 0 Å². The lowest BCUT2D eigenvalue weighted by atomic mass is 9.73. The van der Waals surface area contributed by atoms with Crippen LogP contribution in [0.2, 0.25) is 0 Å². The number of halogens is 2. The summed E-state index contributed by atoms with van der Waals surface area (Å²) in [5.41, 5.74) is 0.00810. The van der Waals surface area contributed by atoms with Crippen molar-refractivity contribution in [1.82, 2.24) is 5.32 Å². The molecule has 28 heavy (non-hydrogen) atoms. The summed E-state index contributed by atoms with van der Waals surface area (Å²) in [6.07, 6.45) is 1.04. The molecule has 1 heterocycles. The first-order chi connectivity index (χ1) is 13.4. The highest BCUT2D eigenvalue weighted by atomic mass is 19.1. The van der Waals surface area contributed by atoms with E-state index in [0.717, 1.165) is 17.7 Å². The number of rotatable bonds is 6. The van der Waals surface area contributed by atoms with Gasteiger partial charge in [-0.1, -0.05) is 18.2 Å². The number of hydrogen-bond acceptors (Lipinski definition) is 3. The van der Waals surface area contributed by atoms with Crippen LogP contribution in [0.15, 0.2) is 42.5 Å². The number of nitrogens with one attached hydrogen (secondary N) is 1. The van der Waals surface area contributed by atoms with Gasteiger partial charge in [-0.2, -0.15) is 0 Å². The van der Waals surface area contributed by atoms with Gasteiger partial charge in [0.15, 0.2) is 0 Å². The molecular weight excluding hydrogens is 368 g/mol. The molecule has 0 radical (unpaired) electrons. The first-order valence-electron chi connectivity index (χ1n) is 9.06. The van der Waals surface area contributed by atoms with E-state index < -0.39 is 23.0 Å². The molecular formula is C21H21F2NO4. The third kappa shape index (κ3) is 4.20. The molecule has 0 aromatic heterocycles. The van der Waals surface area contributed by atoms with Crippen LogP contribution in [0.4, 0.5) is 8.78 Å². The van der Waals surface area contributed by atoms with Crippen LogP contribution in [-0.4, -0.2) is 36.7 Å². The Balaban J connectivity index is 1.74. The molecule has 1 fully saturated rings. The minimum absolute atomic E-state index is 0.169. The van der Waals surface area contributed by atoms with Gasteiger partial charge in [0.05, 0.1) is 11.0 Å². The predicted molar refractivity (Wildman–Crippen MR) is 98.2 cm³/mol. The fourth-order valence-electron chi connectivity index (χ4n) is 3.57. The number of ether oxygens (including phenoxy) is 1. The van der Waals surface area contributed by atoms with Crippen molar-refractivity contribution in [3.63, 3.8) is 0 Å². The van der Waals surface area contributed by atoms with Gasteiger partial charge in [-0.05, 0) is 43.0 Å². The molecule has 1 saturated heterocycles. The van der Waals surface area contributed by atoms with Crippen LogP contribution in [0.25, 0.3) is 0 Å². The van der Waals surface area contributed by atoms with Crippen LogP contribution >= 0.6 is 0 Å². The number of carboxylic acids is 1. The second-order valence-corrected chi connectivity index (χ2v) is 6.83. The van der Waals surface area contributed by atoms with Crippen molar-refractivity contribution in [1.29, 1.82) is 0 Å². The number of carbonyl (C=O) groups excluding carboxylic acids is 1. The lowest BCUT2D eigenvalue weighted by Gasteiger charge is -2.36. The monoisotopic (exact) mass is 389 g/mol. The molecule has 1 aliphatic rings. The van der Waals surface area contributed by atoms with Crippen LogP contribution in [0.5, 0.6) is 0 Å². The van der Waals surface area contributed by atoms with Crippen LogP contribution in [-0.2, 0) is 21.4 Å². The molecule has 7 heteroatoms. The Bertz CT molecular complexity index is 878. The number of hydrogen-bond donors (Lipinski definition) is 2. The Labute approximate surface area is 161 Å². The molecule has 3 rings (SSSR count). The van der Waals surface area contributed by atoms with Crippen molar-refractivity contribution in [3.8, 4) is 0 Å². The summed E-state index contributed by atoms with van der Waals surface area (Å²) < 4.78 is 33.1. The molecule has 0 unspecified atom stereocenters. The standard InChI is InChI=1S/C21H21F2NO4/c22-16-4-5-17(18(23)13-16)21(7-10-28-11-8-21)20(27)24-9-6-14-2-1-3-15(12-14)19(25)26/h1-5,12-13H,6-11H2,(H,24,27)(H,25,26). The summed E-state index contributed by atoms with van der Waals surface area (Å²) in [6, 6.07) is 9.75. The topological polar surface area (TPSA) is 75.6 Å². The van der Waals surface area contributed by atoms with Crippen molar-refractivity contribution >= 4 is 11.9 Å². The summed E-state index contributed by atoms with van der Waals surface area (Å²) in [5.74, 6) is -2.79. The Morgan fingerprint density at radius 3 is 2.54 bits per heavy atom. The Kier molecular flexibility index (Phi) is 6.04. The largest absolute Gasteiger partial charge is 0.478 e. The normalized spacial score (nSPS) is 15.8. The molecule has 2 N–H and O–H groups in total. The van der Waals surface area contributed by atoms with E-state index in [0.29, 0.717) is 32.5 Å². The number of amides is 1. The van der Waals surface area contributed by atoms with E-state index in [4.69, 9.17) is 9.84 Å². The third-order valence-electron chi connectivity index (χ3n) is 5.10. The lowest BCUT2D eigenvalue weighted by molar-refractivity contribution is -0.130. The van der Waals surface area contributed by atoms with Crippen molar-refractivity contribution in [2.45, 2.75) is 24.7 Å². The summed E-state index contributed by atoms with van der Waals surface area (Å²) in [5, 5.41) is 11.9. The molecule has 1 aliphatic heterocycles. The summed E-state index contributed by atoms with van der Waals surface area (Å²) >= 11 is 0. The molecule has 0 atom stereocenters. The smallest absolute Gasteiger partial charge is 0.335 e. The van der Waals surface area contributed by atoms with Crippen LogP contribution in [0, 0.1) is 11.6 Å². The fourth-order valence-corrected chi connectivity index (χ4v) is 3.57. The maximum absolute atomic E-state index is 14.4. The van der Waals surface area contributed by atoms with Crippen LogP contribution in [0.3, 0.4) is 0 Å². The molecule has 0 bridgehead atoms. The fraction of sp³-hybridized carbons (Fsp3) is 0.333. The molecule has 5 nitrogen and oxygen atoms in total. The molecule has 0 saturated carbocycles. The molecule has 0 spiro atoms. The van der Waals surface area contributed by atoms with E-state index in [-0.39, 0.29) is 23.6 Å². The van der Waals surface area contributed by atoms with E-state index in [1.54, 1.807) is 18.2 Å². The number of benzene rings is 2. The maximum Gasteiger partial charge on any atom is 0.335 e. The van der Waals surface area contributed by atoms with Crippen LogP contribution in [0.1, 0.15) is 34.3 Å². The quantitative estimate of drug-likeness (QED) is 0.796. The Hall–Kier alpha value is -2.80. The molecule has 0 aliphatic carbocycles. The average Bonchev–Trinajstić information content (AvgIpc) is 2.68. The third-order valence-corrected chi connectivity index (χ3v) is 5.10. The zero-order valence-electron chi connectivity index (χ0n) is 15.2. The molecule has 148 valence electrons. The summed E-state index contributed by atoms with van der Waals surface area (Å²) in [6.45, 7) is 0.892.